The molecule has 8 aromatic carbocycles. The first-order valence-electron chi connectivity index (χ1n) is 17.7. The van der Waals surface area contributed by atoms with Crippen molar-refractivity contribution in [3.8, 4) is 33.9 Å². The van der Waals surface area contributed by atoms with Crippen LogP contribution in [0.25, 0.3) is 99.3 Å². The summed E-state index contributed by atoms with van der Waals surface area (Å²) in [6.07, 6.45) is 0. The van der Waals surface area contributed by atoms with Gasteiger partial charge in [0.1, 0.15) is 0 Å². The summed E-state index contributed by atoms with van der Waals surface area (Å²) in [5.41, 5.74) is 12.6. The number of para-hydroxylation sites is 4. The highest BCUT2D eigenvalue weighted by Gasteiger charge is 2.20. The van der Waals surface area contributed by atoms with Crippen LogP contribution in [0.2, 0.25) is 0 Å². The van der Waals surface area contributed by atoms with E-state index in [1.54, 1.807) is 0 Å². The minimum atomic E-state index is 0.873. The molecule has 0 aliphatic carbocycles. The molecular weight excluding hydrogens is 633 g/mol. The molecule has 0 fully saturated rings. The van der Waals surface area contributed by atoms with E-state index in [4.69, 9.17) is 9.97 Å². The summed E-state index contributed by atoms with van der Waals surface area (Å²) in [6, 6.07) is 64.8. The van der Waals surface area contributed by atoms with E-state index >= 15 is 0 Å². The Balaban J connectivity index is 1.19. The fraction of sp³-hybridized carbons (Fsp3) is 0. The molecule has 4 heteroatoms. The van der Waals surface area contributed by atoms with Crippen LogP contribution in [0.5, 0.6) is 0 Å². The monoisotopic (exact) mass is 662 g/mol. The Bertz CT molecular complexity index is 3160. The predicted molar refractivity (Wildman–Crippen MR) is 217 cm³/mol. The fourth-order valence-electron chi connectivity index (χ4n) is 8.13. The Morgan fingerprint density at radius 3 is 1.63 bits per heavy atom. The molecule has 11 rings (SSSR count). The molecule has 11 aromatic rings. The number of rotatable bonds is 4. The normalized spacial score (nSPS) is 11.8. The highest BCUT2D eigenvalue weighted by atomic mass is 15.0. The van der Waals surface area contributed by atoms with Gasteiger partial charge in [-0.1, -0.05) is 127 Å². The van der Waals surface area contributed by atoms with Crippen LogP contribution in [0.1, 0.15) is 0 Å². The molecule has 52 heavy (non-hydrogen) atoms. The number of hydrogen-bond donors (Lipinski definition) is 0. The molecule has 0 aliphatic rings. The molecule has 0 amide bonds. The highest BCUT2D eigenvalue weighted by molar-refractivity contribution is 6.23. The van der Waals surface area contributed by atoms with Crippen LogP contribution in [-0.4, -0.2) is 19.1 Å². The summed E-state index contributed by atoms with van der Waals surface area (Å²) in [7, 11) is 0. The average molecular weight is 663 g/mol. The van der Waals surface area contributed by atoms with Gasteiger partial charge in [0, 0.05) is 49.4 Å². The molecule has 0 spiro atoms. The molecule has 0 atom stereocenters. The van der Waals surface area contributed by atoms with Gasteiger partial charge in [0.25, 0.3) is 0 Å². The van der Waals surface area contributed by atoms with Crippen molar-refractivity contribution in [2.45, 2.75) is 0 Å². The van der Waals surface area contributed by atoms with Crippen LogP contribution >= 0.6 is 0 Å². The van der Waals surface area contributed by atoms with Gasteiger partial charge in [0.2, 0.25) is 0 Å². The van der Waals surface area contributed by atoms with E-state index in [1.165, 1.54) is 54.4 Å². The van der Waals surface area contributed by atoms with E-state index in [9.17, 15) is 0 Å². The van der Waals surface area contributed by atoms with Gasteiger partial charge in [0.05, 0.1) is 44.5 Å². The lowest BCUT2D eigenvalue weighted by atomic mass is 10.0. The summed E-state index contributed by atoms with van der Waals surface area (Å²) in [6.45, 7) is 0. The van der Waals surface area contributed by atoms with Gasteiger partial charge in [-0.3, -0.25) is 0 Å². The Morgan fingerprint density at radius 1 is 0.327 bits per heavy atom. The molecule has 0 unspecified atom stereocenters. The van der Waals surface area contributed by atoms with Gasteiger partial charge >= 0.3 is 0 Å². The Kier molecular flexibility index (Phi) is 6.22. The molecule has 3 heterocycles. The van der Waals surface area contributed by atoms with Gasteiger partial charge in [-0.15, -0.1) is 0 Å². The minimum absolute atomic E-state index is 0.873. The summed E-state index contributed by atoms with van der Waals surface area (Å²) in [4.78, 5) is 10.3. The van der Waals surface area contributed by atoms with E-state index in [-0.39, 0.29) is 0 Å². The predicted octanol–water partition coefficient (Wildman–Crippen LogP) is 12.3. The summed E-state index contributed by atoms with van der Waals surface area (Å²) in [5.74, 6) is 0. The molecule has 0 saturated carbocycles. The van der Waals surface area contributed by atoms with Crippen molar-refractivity contribution in [2.75, 3.05) is 0 Å². The SMILES string of the molecule is c1ccc(-c2nc3ccccc3nc2-c2ccc(-n3c4cc5c(cc4c4ccc6ccccc6c43)c3ccccc3n5-c3ccccc3)cc2)cc1. The zero-order valence-electron chi connectivity index (χ0n) is 28.1. The maximum atomic E-state index is 5.18. The van der Waals surface area contributed by atoms with Gasteiger partial charge in [-0.05, 0) is 60.0 Å². The maximum Gasteiger partial charge on any atom is 0.0973 e. The lowest BCUT2D eigenvalue weighted by Crippen LogP contribution is -1.98. The number of benzene rings is 8. The van der Waals surface area contributed by atoms with Gasteiger partial charge < -0.3 is 9.13 Å². The van der Waals surface area contributed by atoms with Crippen molar-refractivity contribution in [3.63, 3.8) is 0 Å². The number of hydrogen-bond acceptors (Lipinski definition) is 2. The molecule has 0 saturated heterocycles. The maximum absolute atomic E-state index is 5.18. The quantitative estimate of drug-likeness (QED) is 0.188. The number of fused-ring (bicyclic) bond motifs is 9. The van der Waals surface area contributed by atoms with Crippen molar-refractivity contribution in [1.82, 2.24) is 19.1 Å². The van der Waals surface area contributed by atoms with Gasteiger partial charge in [0.15, 0.2) is 0 Å². The second kappa shape index (κ2) is 11.2. The largest absolute Gasteiger partial charge is 0.309 e. The smallest absolute Gasteiger partial charge is 0.0973 e. The van der Waals surface area contributed by atoms with E-state index in [1.807, 2.05) is 30.3 Å². The molecule has 0 radical (unpaired) electrons. The van der Waals surface area contributed by atoms with Crippen molar-refractivity contribution < 1.29 is 0 Å². The first-order valence-corrected chi connectivity index (χ1v) is 17.7. The summed E-state index contributed by atoms with van der Waals surface area (Å²) in [5, 5.41) is 7.42. The molecule has 0 N–H and O–H groups in total. The molecule has 242 valence electrons. The summed E-state index contributed by atoms with van der Waals surface area (Å²) < 4.78 is 4.85. The minimum Gasteiger partial charge on any atom is -0.309 e. The van der Waals surface area contributed by atoms with Crippen molar-refractivity contribution in [3.05, 3.63) is 182 Å². The Hall–Kier alpha value is -7.04. The molecule has 4 nitrogen and oxygen atoms in total. The van der Waals surface area contributed by atoms with E-state index in [0.717, 1.165) is 44.9 Å². The first-order chi connectivity index (χ1) is 25.8. The summed E-state index contributed by atoms with van der Waals surface area (Å²) >= 11 is 0. The van der Waals surface area contributed by atoms with Crippen LogP contribution in [0, 0.1) is 0 Å². The first kappa shape index (κ1) is 28.8. The van der Waals surface area contributed by atoms with Crippen LogP contribution in [-0.2, 0) is 0 Å². The lowest BCUT2D eigenvalue weighted by molar-refractivity contribution is 1.17. The third-order valence-corrected chi connectivity index (χ3v) is 10.5. The third kappa shape index (κ3) is 4.28. The van der Waals surface area contributed by atoms with Crippen molar-refractivity contribution in [2.24, 2.45) is 0 Å². The van der Waals surface area contributed by atoms with E-state index in [0.29, 0.717) is 0 Å². The van der Waals surface area contributed by atoms with E-state index in [2.05, 4.69) is 161 Å². The van der Waals surface area contributed by atoms with Crippen molar-refractivity contribution in [1.29, 1.82) is 0 Å². The van der Waals surface area contributed by atoms with Crippen LogP contribution in [0.3, 0.4) is 0 Å². The zero-order chi connectivity index (χ0) is 34.2. The van der Waals surface area contributed by atoms with Crippen LogP contribution in [0.4, 0.5) is 0 Å². The number of nitrogens with zero attached hydrogens (tertiary/aromatic N) is 4. The highest BCUT2D eigenvalue weighted by Crippen LogP contribution is 2.42. The zero-order valence-corrected chi connectivity index (χ0v) is 28.1. The van der Waals surface area contributed by atoms with Crippen molar-refractivity contribution >= 4 is 65.4 Å². The van der Waals surface area contributed by atoms with E-state index < -0.39 is 0 Å². The second-order valence-corrected chi connectivity index (χ2v) is 13.4. The Morgan fingerprint density at radius 2 is 0.885 bits per heavy atom. The van der Waals surface area contributed by atoms with Gasteiger partial charge in [-0.2, -0.15) is 0 Å². The standard InChI is InChI=1S/C48H30N4/c1-3-14-32(15-4-1)46-47(50-42-21-11-10-20-41(42)49-46)33-23-26-35(27-24-33)52-45-30-44-39(29-40(45)38-28-25-31-13-7-8-18-36(31)48(38)52)37-19-9-12-22-43(37)51(44)34-16-5-2-6-17-34/h1-30H. The third-order valence-electron chi connectivity index (χ3n) is 10.5. The molecular formula is C48H30N4. The Labute approximate surface area is 299 Å². The molecule has 3 aromatic heterocycles. The molecule has 0 bridgehead atoms. The van der Waals surface area contributed by atoms with Gasteiger partial charge in [-0.25, -0.2) is 9.97 Å². The number of aromatic nitrogens is 4. The van der Waals surface area contributed by atoms with Crippen LogP contribution in [0.15, 0.2) is 182 Å². The fourth-order valence-corrected chi connectivity index (χ4v) is 8.13. The topological polar surface area (TPSA) is 35.6 Å². The average Bonchev–Trinajstić information content (AvgIpc) is 3.72. The second-order valence-electron chi connectivity index (χ2n) is 13.4. The molecule has 0 aliphatic heterocycles. The lowest BCUT2D eigenvalue weighted by Gasteiger charge is -2.13. The van der Waals surface area contributed by atoms with Crippen LogP contribution < -0.4 is 0 Å².